The smallest absolute Gasteiger partial charge is 0.111 e. The molecule has 0 amide bonds. The van der Waals surface area contributed by atoms with E-state index in [1.165, 1.54) is 11.1 Å². The van der Waals surface area contributed by atoms with Gasteiger partial charge in [0.2, 0.25) is 0 Å². The van der Waals surface area contributed by atoms with Crippen LogP contribution >= 0.6 is 0 Å². The molecule has 0 unspecified atom stereocenters. The minimum absolute atomic E-state index is 0.468. The zero-order valence-corrected chi connectivity index (χ0v) is 11.7. The van der Waals surface area contributed by atoms with Gasteiger partial charge >= 0.3 is 0 Å². The van der Waals surface area contributed by atoms with E-state index in [0.29, 0.717) is 11.8 Å². The highest BCUT2D eigenvalue weighted by Gasteiger charge is 2.07. The molecule has 0 saturated heterocycles. The van der Waals surface area contributed by atoms with Crippen LogP contribution in [0, 0.1) is 0 Å². The molecule has 1 aromatic heterocycles. The van der Waals surface area contributed by atoms with Crippen LogP contribution in [-0.2, 0) is 6.54 Å². The second-order valence-corrected chi connectivity index (χ2v) is 5.46. The Morgan fingerprint density at radius 2 is 1.67 bits per heavy atom. The topological polar surface area (TPSA) is 17.8 Å². The summed E-state index contributed by atoms with van der Waals surface area (Å²) in [7, 11) is 0. The molecule has 2 nitrogen and oxygen atoms in total. The van der Waals surface area contributed by atoms with Gasteiger partial charge in [-0.15, -0.1) is 0 Å². The molecule has 0 atom stereocenters. The average Bonchev–Trinajstić information content (AvgIpc) is 2.78. The SMILES string of the molecule is CC(C)c1ccc(Cn2ccnc2C(C)C)cc1. The van der Waals surface area contributed by atoms with Crippen LogP contribution in [0.4, 0.5) is 0 Å². The zero-order chi connectivity index (χ0) is 13.1. The van der Waals surface area contributed by atoms with E-state index < -0.39 is 0 Å². The third-order valence-corrected chi connectivity index (χ3v) is 3.26. The maximum absolute atomic E-state index is 4.42. The molecule has 1 heterocycles. The standard InChI is InChI=1S/C16H22N2/c1-12(2)15-7-5-14(6-8-15)11-18-10-9-17-16(18)13(3)4/h5-10,12-13H,11H2,1-4H3. The van der Waals surface area contributed by atoms with Crippen molar-refractivity contribution >= 4 is 0 Å². The summed E-state index contributed by atoms with van der Waals surface area (Å²) in [6, 6.07) is 8.90. The highest BCUT2D eigenvalue weighted by molar-refractivity contribution is 5.25. The molecule has 0 aliphatic heterocycles. The largest absolute Gasteiger partial charge is 0.330 e. The number of hydrogen-bond donors (Lipinski definition) is 0. The average molecular weight is 242 g/mol. The Balaban J connectivity index is 2.16. The van der Waals surface area contributed by atoms with Crippen LogP contribution in [-0.4, -0.2) is 9.55 Å². The van der Waals surface area contributed by atoms with Gasteiger partial charge in [0.15, 0.2) is 0 Å². The van der Waals surface area contributed by atoms with Crippen molar-refractivity contribution in [2.75, 3.05) is 0 Å². The highest BCUT2D eigenvalue weighted by atomic mass is 15.1. The van der Waals surface area contributed by atoms with Gasteiger partial charge in [0.1, 0.15) is 5.82 Å². The predicted octanol–water partition coefficient (Wildman–Crippen LogP) is 4.18. The minimum Gasteiger partial charge on any atom is -0.330 e. The van der Waals surface area contributed by atoms with Crippen LogP contribution in [0.5, 0.6) is 0 Å². The molecule has 0 bridgehead atoms. The molecule has 0 spiro atoms. The van der Waals surface area contributed by atoms with Crippen molar-refractivity contribution in [1.82, 2.24) is 9.55 Å². The number of rotatable bonds is 4. The van der Waals surface area contributed by atoms with E-state index in [-0.39, 0.29) is 0 Å². The first-order chi connectivity index (χ1) is 8.58. The number of nitrogens with zero attached hydrogens (tertiary/aromatic N) is 2. The van der Waals surface area contributed by atoms with Gasteiger partial charge in [-0.1, -0.05) is 52.0 Å². The maximum atomic E-state index is 4.42. The van der Waals surface area contributed by atoms with Crippen LogP contribution in [0.1, 0.15) is 56.5 Å². The van der Waals surface area contributed by atoms with Crippen LogP contribution < -0.4 is 0 Å². The van der Waals surface area contributed by atoms with Crippen LogP contribution in [0.15, 0.2) is 36.7 Å². The van der Waals surface area contributed by atoms with E-state index >= 15 is 0 Å². The second-order valence-electron chi connectivity index (χ2n) is 5.46. The molecule has 2 aromatic rings. The summed E-state index contributed by atoms with van der Waals surface area (Å²) >= 11 is 0. The summed E-state index contributed by atoms with van der Waals surface area (Å²) in [6.07, 6.45) is 3.95. The van der Waals surface area contributed by atoms with Gasteiger partial charge in [-0.3, -0.25) is 0 Å². The molecular formula is C16H22N2. The number of hydrogen-bond acceptors (Lipinski definition) is 1. The molecule has 96 valence electrons. The summed E-state index contributed by atoms with van der Waals surface area (Å²) in [5, 5.41) is 0. The molecule has 1 aromatic carbocycles. The monoisotopic (exact) mass is 242 g/mol. The predicted molar refractivity (Wildman–Crippen MR) is 75.9 cm³/mol. The van der Waals surface area contributed by atoms with E-state index in [1.807, 2.05) is 6.20 Å². The van der Waals surface area contributed by atoms with Crippen molar-refractivity contribution in [3.63, 3.8) is 0 Å². The Kier molecular flexibility index (Phi) is 3.85. The fourth-order valence-corrected chi connectivity index (χ4v) is 2.16. The molecule has 0 aliphatic rings. The van der Waals surface area contributed by atoms with E-state index in [0.717, 1.165) is 12.4 Å². The van der Waals surface area contributed by atoms with Crippen molar-refractivity contribution in [3.8, 4) is 0 Å². The first-order valence-electron chi connectivity index (χ1n) is 6.67. The molecule has 2 rings (SSSR count). The van der Waals surface area contributed by atoms with Crippen LogP contribution in [0.25, 0.3) is 0 Å². The van der Waals surface area contributed by atoms with Crippen LogP contribution in [0.2, 0.25) is 0 Å². The Morgan fingerprint density at radius 1 is 1.00 bits per heavy atom. The minimum atomic E-state index is 0.468. The van der Waals surface area contributed by atoms with Gasteiger partial charge < -0.3 is 4.57 Å². The molecular weight excluding hydrogens is 220 g/mol. The fourth-order valence-electron chi connectivity index (χ4n) is 2.16. The number of benzene rings is 1. The lowest BCUT2D eigenvalue weighted by molar-refractivity contribution is 0.669. The summed E-state index contributed by atoms with van der Waals surface area (Å²) in [6.45, 7) is 9.72. The normalized spacial score (nSPS) is 11.4. The lowest BCUT2D eigenvalue weighted by Gasteiger charge is -2.11. The van der Waals surface area contributed by atoms with Gasteiger partial charge in [0, 0.05) is 24.9 Å². The first-order valence-corrected chi connectivity index (χ1v) is 6.67. The van der Waals surface area contributed by atoms with Gasteiger partial charge in [-0.05, 0) is 17.0 Å². The molecule has 18 heavy (non-hydrogen) atoms. The Hall–Kier alpha value is -1.57. The Morgan fingerprint density at radius 3 is 2.22 bits per heavy atom. The molecule has 0 fully saturated rings. The van der Waals surface area contributed by atoms with E-state index in [2.05, 4.69) is 67.7 Å². The summed E-state index contributed by atoms with van der Waals surface area (Å²) in [4.78, 5) is 4.42. The number of aromatic nitrogens is 2. The molecule has 0 radical (unpaired) electrons. The third kappa shape index (κ3) is 2.81. The summed E-state index contributed by atoms with van der Waals surface area (Å²) in [5.41, 5.74) is 2.73. The van der Waals surface area contributed by atoms with Crippen molar-refractivity contribution in [2.45, 2.75) is 46.1 Å². The summed E-state index contributed by atoms with van der Waals surface area (Å²) < 4.78 is 2.23. The van der Waals surface area contributed by atoms with E-state index in [4.69, 9.17) is 0 Å². The van der Waals surface area contributed by atoms with Crippen molar-refractivity contribution in [2.24, 2.45) is 0 Å². The number of imidazole rings is 1. The Labute approximate surface area is 110 Å². The van der Waals surface area contributed by atoms with Gasteiger partial charge in [-0.25, -0.2) is 4.98 Å². The van der Waals surface area contributed by atoms with Gasteiger partial charge in [0.25, 0.3) is 0 Å². The van der Waals surface area contributed by atoms with Crippen molar-refractivity contribution in [1.29, 1.82) is 0 Å². The zero-order valence-electron chi connectivity index (χ0n) is 11.7. The van der Waals surface area contributed by atoms with Crippen LogP contribution in [0.3, 0.4) is 0 Å². The molecule has 0 aliphatic carbocycles. The first kappa shape index (κ1) is 12.9. The highest BCUT2D eigenvalue weighted by Crippen LogP contribution is 2.17. The van der Waals surface area contributed by atoms with Crippen molar-refractivity contribution in [3.05, 3.63) is 53.6 Å². The quantitative estimate of drug-likeness (QED) is 0.786. The lowest BCUT2D eigenvalue weighted by Crippen LogP contribution is -2.05. The molecule has 0 saturated carbocycles. The molecule has 2 heteroatoms. The Bertz CT molecular complexity index is 492. The fraction of sp³-hybridized carbons (Fsp3) is 0.438. The molecule has 0 N–H and O–H groups in total. The van der Waals surface area contributed by atoms with E-state index in [9.17, 15) is 0 Å². The third-order valence-electron chi connectivity index (χ3n) is 3.26. The van der Waals surface area contributed by atoms with Gasteiger partial charge in [-0.2, -0.15) is 0 Å². The second kappa shape index (κ2) is 5.38. The van der Waals surface area contributed by atoms with Crippen molar-refractivity contribution < 1.29 is 0 Å². The maximum Gasteiger partial charge on any atom is 0.111 e. The van der Waals surface area contributed by atoms with E-state index in [1.54, 1.807) is 0 Å². The van der Waals surface area contributed by atoms with Gasteiger partial charge in [0.05, 0.1) is 0 Å². The summed E-state index contributed by atoms with van der Waals surface area (Å²) in [5.74, 6) is 2.22. The lowest BCUT2D eigenvalue weighted by atomic mass is 10.0.